The number of H-pyrrole nitrogens is 2. The topological polar surface area (TPSA) is 97.5 Å². The van der Waals surface area contributed by atoms with Gasteiger partial charge in [-0.25, -0.2) is 0 Å². The van der Waals surface area contributed by atoms with Gasteiger partial charge in [0.25, 0.3) is 11.8 Å². The first kappa shape index (κ1) is 39.2. The van der Waals surface area contributed by atoms with Crippen LogP contribution in [0.25, 0.3) is 65.9 Å². The lowest BCUT2D eigenvalue weighted by Gasteiger charge is -2.20. The predicted molar refractivity (Wildman–Crippen MR) is 261 cm³/mol. The van der Waals surface area contributed by atoms with E-state index >= 15 is 0 Å². The Labute approximate surface area is 375 Å². The van der Waals surface area contributed by atoms with Gasteiger partial charge in [-0.3, -0.25) is 9.59 Å². The van der Waals surface area contributed by atoms with Gasteiger partial charge in [0.1, 0.15) is 25.5 Å². The number of pyridine rings is 2. The molecule has 0 radical (unpaired) electrons. The normalized spacial score (nSPS) is 11.5. The molecule has 11 aromatic rings. The molecule has 8 nitrogen and oxygen atoms in total. The molecule has 0 saturated heterocycles. The lowest BCUT2D eigenvalue weighted by molar-refractivity contribution is -0.644. The fourth-order valence-electron chi connectivity index (χ4n) is 9.60. The van der Waals surface area contributed by atoms with Gasteiger partial charge >= 0.3 is 0 Å². The zero-order chi connectivity index (χ0) is 44.0. The molecule has 4 N–H and O–H groups in total. The lowest BCUT2D eigenvalue weighted by Crippen LogP contribution is -2.29. The van der Waals surface area contributed by atoms with Crippen molar-refractivity contribution < 1.29 is 18.7 Å². The number of fused-ring (bicyclic) bond motifs is 4. The highest BCUT2D eigenvalue weighted by Gasteiger charge is 2.31. The van der Waals surface area contributed by atoms with Crippen molar-refractivity contribution in [3.8, 4) is 22.3 Å². The van der Waals surface area contributed by atoms with E-state index in [1.807, 2.05) is 151 Å². The van der Waals surface area contributed by atoms with Crippen LogP contribution in [-0.2, 0) is 14.1 Å². The van der Waals surface area contributed by atoms with Gasteiger partial charge in [0, 0.05) is 56.2 Å². The molecule has 0 spiro atoms. The number of nitrogens with zero attached hydrogens (tertiary/aromatic N) is 2. The second-order valence-electron chi connectivity index (χ2n) is 16.6. The van der Waals surface area contributed by atoms with E-state index in [4.69, 9.17) is 0 Å². The van der Waals surface area contributed by atoms with E-state index in [2.05, 4.69) is 93.4 Å². The highest BCUT2D eigenvalue weighted by atomic mass is 16.2. The molecule has 0 atom stereocenters. The second kappa shape index (κ2) is 16.3. The van der Waals surface area contributed by atoms with Crippen LogP contribution in [0.3, 0.4) is 0 Å². The maximum Gasteiger partial charge on any atom is 0.257 e. The van der Waals surface area contributed by atoms with Crippen LogP contribution in [0, 0.1) is 0 Å². The summed E-state index contributed by atoms with van der Waals surface area (Å²) in [7, 11) is 3.97. The van der Waals surface area contributed by atoms with Crippen molar-refractivity contribution in [2.24, 2.45) is 14.1 Å². The molecule has 8 heteroatoms. The molecule has 4 heterocycles. The van der Waals surface area contributed by atoms with Crippen LogP contribution in [-0.4, -0.2) is 21.8 Å². The van der Waals surface area contributed by atoms with E-state index in [1.165, 1.54) is 0 Å². The molecule has 11 rings (SSSR count). The zero-order valence-corrected chi connectivity index (χ0v) is 35.8. The number of hydrogen-bond donors (Lipinski definition) is 4. The smallest absolute Gasteiger partial charge is 0.257 e. The fourth-order valence-corrected chi connectivity index (χ4v) is 9.60. The largest absolute Gasteiger partial charge is 0.356 e. The summed E-state index contributed by atoms with van der Waals surface area (Å²) < 4.78 is 4.05. The number of aromatic nitrogens is 4. The first-order chi connectivity index (χ1) is 31.9. The summed E-state index contributed by atoms with van der Waals surface area (Å²) in [6.07, 6.45) is 3.89. The summed E-state index contributed by atoms with van der Waals surface area (Å²) in [6, 6.07) is 63.2. The Morgan fingerprint density at radius 1 is 0.462 bits per heavy atom. The molecule has 312 valence electrons. The van der Waals surface area contributed by atoms with Crippen molar-refractivity contribution in [1.29, 1.82) is 0 Å². The van der Waals surface area contributed by atoms with Gasteiger partial charge < -0.3 is 20.6 Å². The molecule has 7 aromatic carbocycles. The Balaban J connectivity index is 1.11. The lowest BCUT2D eigenvalue weighted by atomic mass is 9.84. The number of rotatable bonds is 9. The number of para-hydroxylation sites is 4. The van der Waals surface area contributed by atoms with E-state index in [9.17, 15) is 9.59 Å². The summed E-state index contributed by atoms with van der Waals surface area (Å²) in [5.41, 5.74) is 12.9. The van der Waals surface area contributed by atoms with E-state index in [1.54, 1.807) is 0 Å². The number of hydrogen-bond acceptors (Lipinski definition) is 2. The van der Waals surface area contributed by atoms with Crippen molar-refractivity contribution in [1.82, 2.24) is 9.97 Å². The summed E-state index contributed by atoms with van der Waals surface area (Å²) >= 11 is 0. The van der Waals surface area contributed by atoms with Crippen molar-refractivity contribution >= 4 is 66.8 Å². The van der Waals surface area contributed by atoms with Crippen LogP contribution < -0.4 is 19.8 Å². The van der Waals surface area contributed by atoms with Gasteiger partial charge in [0.2, 0.25) is 11.0 Å². The second-order valence-corrected chi connectivity index (χ2v) is 16.6. The number of aromatic amines is 2. The number of nitrogens with one attached hydrogen (secondary N) is 4. The van der Waals surface area contributed by atoms with Gasteiger partial charge in [-0.05, 0) is 53.1 Å². The van der Waals surface area contributed by atoms with Crippen LogP contribution in [0.5, 0.6) is 0 Å². The summed E-state index contributed by atoms with van der Waals surface area (Å²) in [6.45, 7) is 0. The summed E-state index contributed by atoms with van der Waals surface area (Å²) in [5.74, 6) is -0.853. The van der Waals surface area contributed by atoms with Crippen LogP contribution >= 0.6 is 0 Å². The van der Waals surface area contributed by atoms with Crippen molar-refractivity contribution in [2.75, 3.05) is 10.6 Å². The highest BCUT2D eigenvalue weighted by molar-refractivity contribution is 6.16. The number of anilines is 2. The third kappa shape index (κ3) is 7.07. The molecule has 65 heavy (non-hydrogen) atoms. The molecule has 0 saturated carbocycles. The Bertz CT molecular complexity index is 3390. The van der Waals surface area contributed by atoms with Crippen molar-refractivity contribution in [3.05, 3.63) is 229 Å². The van der Waals surface area contributed by atoms with Crippen LogP contribution in [0.1, 0.15) is 43.6 Å². The van der Waals surface area contributed by atoms with E-state index in [-0.39, 0.29) is 11.8 Å². The maximum absolute atomic E-state index is 14.5. The standard InChI is InChI=1S/C57H42N6O2/c1-62-34-41(32-39-24-12-14-30-47(39)62)58-56(64)45-28-16-26-43-49(36-18-6-3-7-19-36)54(60-52(43)45)51(38-22-10-5-11-23-38)55-50(37-20-8-4-9-21-37)44-27-17-29-46(53(44)61-55)57(65)59-42-33-40-25-13-15-31-48(40)63(2)35-42/h3-35,51H,1-2H3,(H2-2,58,59,60,61,64,65)/p+2. The monoisotopic (exact) mass is 844 g/mol. The minimum atomic E-state index is -0.410. The molecule has 2 amide bonds. The zero-order valence-electron chi connectivity index (χ0n) is 35.8. The fraction of sp³-hybridized carbons (Fsp3) is 0.0526. The van der Waals surface area contributed by atoms with Crippen LogP contribution in [0.4, 0.5) is 11.4 Å². The average molecular weight is 845 g/mol. The summed E-state index contributed by atoms with van der Waals surface area (Å²) in [4.78, 5) is 36.8. The average Bonchev–Trinajstić information content (AvgIpc) is 3.92. The van der Waals surface area contributed by atoms with Gasteiger partial charge in [0.05, 0.1) is 28.1 Å². The molecule has 0 aliphatic rings. The minimum absolute atomic E-state index is 0.221. The Morgan fingerprint density at radius 2 is 0.862 bits per heavy atom. The minimum Gasteiger partial charge on any atom is -0.356 e. The molecule has 0 aliphatic heterocycles. The third-order valence-corrected chi connectivity index (χ3v) is 12.5. The van der Waals surface area contributed by atoms with Crippen molar-refractivity contribution in [2.45, 2.75) is 5.92 Å². The molecular weight excluding hydrogens is 801 g/mol. The van der Waals surface area contributed by atoms with Crippen LogP contribution in [0.2, 0.25) is 0 Å². The number of benzene rings is 7. The molecule has 4 aromatic heterocycles. The van der Waals surface area contributed by atoms with Gasteiger partial charge in [0.15, 0.2) is 12.4 Å². The Hall–Kier alpha value is -8.62. The number of carbonyl (C=O) groups is 2. The third-order valence-electron chi connectivity index (χ3n) is 12.5. The van der Waals surface area contributed by atoms with E-state index < -0.39 is 5.92 Å². The molecular formula is C57H44N6O2+2. The van der Waals surface area contributed by atoms with Gasteiger partial charge in [-0.15, -0.1) is 0 Å². The number of amides is 2. The molecule has 0 bridgehead atoms. The summed E-state index contributed by atoms with van der Waals surface area (Å²) in [5, 5.41) is 10.3. The van der Waals surface area contributed by atoms with E-state index in [0.29, 0.717) is 22.5 Å². The first-order valence-corrected chi connectivity index (χ1v) is 21.7. The first-order valence-electron chi connectivity index (χ1n) is 21.7. The number of carbonyl (C=O) groups excluding carboxylic acids is 2. The molecule has 0 fully saturated rings. The molecule has 0 unspecified atom stereocenters. The Morgan fingerprint density at radius 3 is 1.31 bits per heavy atom. The van der Waals surface area contributed by atoms with Gasteiger partial charge in [-0.1, -0.05) is 140 Å². The van der Waals surface area contributed by atoms with Gasteiger partial charge in [-0.2, -0.15) is 9.13 Å². The van der Waals surface area contributed by atoms with Crippen LogP contribution in [0.15, 0.2) is 200 Å². The maximum atomic E-state index is 14.5. The highest BCUT2D eigenvalue weighted by Crippen LogP contribution is 2.47. The molecule has 0 aliphatic carbocycles. The van der Waals surface area contributed by atoms with E-state index in [0.717, 1.165) is 82.8 Å². The SMILES string of the molecule is C[n+]1cc(NC(=O)c2cccc3c(-c4ccccc4)c(C(c4ccccc4)c4[nH]c5c(C(=O)Nc6cc7ccccc7[n+](C)c6)cccc5c4-c4ccccc4)[nH]c23)cc2ccccc21. The number of aryl methyl sites for hydroxylation is 2. The quantitative estimate of drug-likeness (QED) is 0.109. The predicted octanol–water partition coefficient (Wildman–Crippen LogP) is 11.6. The van der Waals surface area contributed by atoms with Crippen molar-refractivity contribution in [3.63, 3.8) is 0 Å². The Kier molecular flexibility index (Phi) is 9.81.